The number of hydrogen-bond acceptors (Lipinski definition) is 0. The molecule has 0 fully saturated rings. The number of rotatable bonds is 0. The van der Waals surface area contributed by atoms with Crippen molar-refractivity contribution in [2.24, 2.45) is 5.92 Å². The lowest BCUT2D eigenvalue weighted by molar-refractivity contribution is 0.737. The lowest BCUT2D eigenvalue weighted by atomic mass is 10.1. The van der Waals surface area contributed by atoms with Gasteiger partial charge in [0.15, 0.2) is 0 Å². The van der Waals surface area contributed by atoms with Crippen LogP contribution in [-0.4, -0.2) is 4.40 Å². The van der Waals surface area contributed by atoms with Gasteiger partial charge in [-0.3, -0.25) is 0 Å². The number of para-hydroxylation sites is 3. The predicted octanol–water partition coefficient (Wildman–Crippen LogP) is 6.50. The van der Waals surface area contributed by atoms with Crippen molar-refractivity contribution in [3.8, 4) is 0 Å². The van der Waals surface area contributed by atoms with Gasteiger partial charge in [-0.1, -0.05) is 75.4 Å². The van der Waals surface area contributed by atoms with Gasteiger partial charge >= 0.3 is 0 Å². The lowest BCUT2D eigenvalue weighted by Gasteiger charge is -1.95. The van der Waals surface area contributed by atoms with Crippen molar-refractivity contribution in [3.05, 3.63) is 66.7 Å². The highest BCUT2D eigenvalue weighted by atomic mass is 14.9. The van der Waals surface area contributed by atoms with Gasteiger partial charge in [-0.25, -0.2) is 0 Å². The van der Waals surface area contributed by atoms with Gasteiger partial charge in [0.25, 0.3) is 0 Å². The molecule has 114 valence electrons. The molecule has 3 aromatic carbocycles. The van der Waals surface area contributed by atoms with Gasteiger partial charge in [0.05, 0.1) is 16.6 Å². The standard InChI is InChI=1S/C18H11N.C4H10/c1-3-10-16-12(6-1)14-8-5-9-15-13-7-2-4-11-17(13)19(16)18(14)15;1-4(2)3/h1-11H;4H,1-3H3. The molecule has 0 saturated carbocycles. The molecule has 0 N–H and O–H groups in total. The van der Waals surface area contributed by atoms with Crippen LogP contribution in [0.5, 0.6) is 0 Å². The molecule has 0 amide bonds. The third kappa shape index (κ3) is 2.08. The van der Waals surface area contributed by atoms with Crippen molar-refractivity contribution in [1.82, 2.24) is 4.40 Å². The van der Waals surface area contributed by atoms with E-state index in [0.717, 1.165) is 5.92 Å². The van der Waals surface area contributed by atoms with Crippen molar-refractivity contribution in [3.63, 3.8) is 0 Å². The van der Waals surface area contributed by atoms with Crippen molar-refractivity contribution >= 4 is 38.1 Å². The minimum Gasteiger partial charge on any atom is -0.308 e. The molecule has 0 spiro atoms. The van der Waals surface area contributed by atoms with Crippen molar-refractivity contribution in [1.29, 1.82) is 0 Å². The molecular weight excluding hydrogens is 278 g/mol. The Kier molecular flexibility index (Phi) is 3.23. The molecule has 0 aliphatic heterocycles. The maximum absolute atomic E-state index is 2.40. The van der Waals surface area contributed by atoms with Crippen LogP contribution in [0.1, 0.15) is 20.8 Å². The van der Waals surface area contributed by atoms with Gasteiger partial charge in [-0.05, 0) is 18.1 Å². The summed E-state index contributed by atoms with van der Waals surface area (Å²) in [5.74, 6) is 0.833. The second kappa shape index (κ2) is 5.27. The fraction of sp³-hybridized carbons (Fsp3) is 0.182. The molecule has 0 aliphatic carbocycles. The first-order valence-electron chi connectivity index (χ1n) is 8.30. The summed E-state index contributed by atoms with van der Waals surface area (Å²) in [5, 5.41) is 5.39. The lowest BCUT2D eigenvalue weighted by Crippen LogP contribution is -1.78. The van der Waals surface area contributed by atoms with Crippen LogP contribution in [0.25, 0.3) is 38.1 Å². The van der Waals surface area contributed by atoms with E-state index >= 15 is 0 Å². The molecule has 5 aromatic rings. The minimum atomic E-state index is 0.833. The second-order valence-electron chi connectivity index (χ2n) is 6.80. The van der Waals surface area contributed by atoms with Crippen LogP contribution in [0.3, 0.4) is 0 Å². The van der Waals surface area contributed by atoms with E-state index in [1.807, 2.05) is 0 Å². The molecule has 0 saturated heterocycles. The topological polar surface area (TPSA) is 4.41 Å². The second-order valence-corrected chi connectivity index (χ2v) is 6.80. The van der Waals surface area contributed by atoms with Crippen LogP contribution in [-0.2, 0) is 0 Å². The number of fused-ring (bicyclic) bond motifs is 6. The third-order valence-corrected chi connectivity index (χ3v) is 4.13. The molecule has 23 heavy (non-hydrogen) atoms. The van der Waals surface area contributed by atoms with Gasteiger partial charge in [0.1, 0.15) is 0 Å². The summed E-state index contributed by atoms with van der Waals surface area (Å²) in [6.07, 6.45) is 0. The molecule has 0 bridgehead atoms. The molecule has 5 rings (SSSR count). The highest BCUT2D eigenvalue weighted by Crippen LogP contribution is 2.38. The molecule has 0 aliphatic rings. The Hall–Kier alpha value is -2.54. The third-order valence-electron chi connectivity index (χ3n) is 4.13. The van der Waals surface area contributed by atoms with E-state index in [1.54, 1.807) is 0 Å². The average molecular weight is 299 g/mol. The van der Waals surface area contributed by atoms with Crippen LogP contribution in [0.4, 0.5) is 0 Å². The number of benzene rings is 3. The van der Waals surface area contributed by atoms with Crippen molar-refractivity contribution in [2.75, 3.05) is 0 Å². The van der Waals surface area contributed by atoms with E-state index in [1.165, 1.54) is 38.1 Å². The normalized spacial score (nSPS) is 11.7. The Morgan fingerprint density at radius 2 is 0.957 bits per heavy atom. The fourth-order valence-electron chi connectivity index (χ4n) is 3.38. The highest BCUT2D eigenvalue weighted by molar-refractivity contribution is 6.23. The van der Waals surface area contributed by atoms with E-state index in [2.05, 4.69) is 91.9 Å². The largest absolute Gasteiger partial charge is 0.308 e. The predicted molar refractivity (Wildman–Crippen MR) is 102 cm³/mol. The quantitative estimate of drug-likeness (QED) is 0.307. The summed E-state index contributed by atoms with van der Waals surface area (Å²) in [6, 6.07) is 23.9. The number of aromatic nitrogens is 1. The fourth-order valence-corrected chi connectivity index (χ4v) is 3.38. The molecular formula is C22H21N. The maximum atomic E-state index is 2.40. The van der Waals surface area contributed by atoms with Crippen molar-refractivity contribution < 1.29 is 0 Å². The van der Waals surface area contributed by atoms with Crippen LogP contribution >= 0.6 is 0 Å². The highest BCUT2D eigenvalue weighted by Gasteiger charge is 2.15. The average Bonchev–Trinajstić information content (AvgIpc) is 3.06. The first kappa shape index (κ1) is 14.1. The molecule has 1 nitrogen and oxygen atoms in total. The van der Waals surface area contributed by atoms with Crippen LogP contribution < -0.4 is 0 Å². The Morgan fingerprint density at radius 1 is 0.565 bits per heavy atom. The zero-order valence-electron chi connectivity index (χ0n) is 13.9. The zero-order valence-corrected chi connectivity index (χ0v) is 13.9. The summed E-state index contributed by atoms with van der Waals surface area (Å²) in [5.41, 5.74) is 3.95. The Morgan fingerprint density at radius 3 is 1.43 bits per heavy atom. The van der Waals surface area contributed by atoms with E-state index in [9.17, 15) is 0 Å². The van der Waals surface area contributed by atoms with Gasteiger partial charge in [-0.15, -0.1) is 0 Å². The minimum absolute atomic E-state index is 0.833. The maximum Gasteiger partial charge on any atom is 0.0620 e. The van der Waals surface area contributed by atoms with E-state index in [-0.39, 0.29) is 0 Å². The van der Waals surface area contributed by atoms with E-state index in [0.29, 0.717) is 0 Å². The molecule has 2 heterocycles. The van der Waals surface area contributed by atoms with Crippen LogP contribution in [0, 0.1) is 5.92 Å². The van der Waals surface area contributed by atoms with Gasteiger partial charge < -0.3 is 4.40 Å². The Labute approximate surface area is 136 Å². The summed E-state index contributed by atoms with van der Waals surface area (Å²) >= 11 is 0. The van der Waals surface area contributed by atoms with Crippen LogP contribution in [0.2, 0.25) is 0 Å². The summed E-state index contributed by atoms with van der Waals surface area (Å²) in [6.45, 7) is 6.50. The zero-order chi connectivity index (χ0) is 16.0. The first-order valence-corrected chi connectivity index (χ1v) is 8.30. The van der Waals surface area contributed by atoms with Gasteiger partial charge in [0.2, 0.25) is 0 Å². The summed E-state index contributed by atoms with van der Waals surface area (Å²) in [7, 11) is 0. The molecule has 0 radical (unpaired) electrons. The number of hydrogen-bond donors (Lipinski definition) is 0. The van der Waals surface area contributed by atoms with Crippen molar-refractivity contribution in [2.45, 2.75) is 20.8 Å². The molecule has 1 heteroatoms. The van der Waals surface area contributed by atoms with Crippen LogP contribution in [0.15, 0.2) is 66.7 Å². The first-order chi connectivity index (χ1) is 11.2. The Bertz CT molecular complexity index is 1020. The number of nitrogens with zero attached hydrogens (tertiary/aromatic N) is 1. The monoisotopic (exact) mass is 299 g/mol. The van der Waals surface area contributed by atoms with E-state index in [4.69, 9.17) is 0 Å². The molecule has 0 unspecified atom stereocenters. The SMILES string of the molecule is CC(C)C.c1ccc2c(c1)c1cccc3c4ccccc4n2c13. The summed E-state index contributed by atoms with van der Waals surface area (Å²) < 4.78 is 2.40. The molecule has 0 atom stereocenters. The Balaban J connectivity index is 0.000000307. The van der Waals surface area contributed by atoms with Gasteiger partial charge in [-0.2, -0.15) is 0 Å². The van der Waals surface area contributed by atoms with Gasteiger partial charge in [0, 0.05) is 21.5 Å². The molecule has 2 aromatic heterocycles. The van der Waals surface area contributed by atoms with E-state index < -0.39 is 0 Å². The summed E-state index contributed by atoms with van der Waals surface area (Å²) in [4.78, 5) is 0. The smallest absolute Gasteiger partial charge is 0.0620 e.